The van der Waals surface area contributed by atoms with E-state index < -0.39 is 12.3 Å². The number of carbonyl (C=O) groups is 2. The maximum atomic E-state index is 9.06. The molecule has 0 bridgehead atoms. The maximum Gasteiger partial charge on any atom is 2.00 e. The van der Waals surface area contributed by atoms with Gasteiger partial charge in [-0.15, -0.1) is 0 Å². The van der Waals surface area contributed by atoms with Crippen LogP contribution in [-0.4, -0.2) is 12.3 Å². The van der Waals surface area contributed by atoms with Crippen molar-refractivity contribution < 1.29 is 45.6 Å². The first kappa shape index (κ1) is 42.8. The molecule has 0 spiro atoms. The van der Waals surface area contributed by atoms with Crippen LogP contribution in [0.5, 0.6) is 0 Å². The van der Waals surface area contributed by atoms with Gasteiger partial charge in [-0.05, 0) is 0 Å². The second-order valence-electron chi connectivity index (χ2n) is 0.602. The Morgan fingerprint density at radius 1 is 0.833 bits per heavy atom. The number of hydrogen-bond donors (Lipinski definition) is 4. The summed E-state index contributed by atoms with van der Waals surface area (Å²) in [5.74, 6) is 0. The van der Waals surface area contributed by atoms with Gasteiger partial charge in [0.15, 0.2) is 0 Å². The predicted octanol–water partition coefficient (Wildman–Crippen LogP) is -1.66. The molecule has 0 fully saturated rings. The summed E-state index contributed by atoms with van der Waals surface area (Å²) in [5, 5.41) is 18.1. The topological polar surface area (TPSA) is 229 Å². The van der Waals surface area contributed by atoms with Gasteiger partial charge in [0.2, 0.25) is 0 Å². The van der Waals surface area contributed by atoms with E-state index in [-0.39, 0.29) is 45.7 Å². The second-order valence-corrected chi connectivity index (χ2v) is 0.602. The molecular formula is C2H12N4O5Pt. The van der Waals surface area contributed by atoms with E-state index in [1.165, 1.54) is 0 Å². The van der Waals surface area contributed by atoms with Crippen molar-refractivity contribution in [2.24, 2.45) is 0 Å². The number of ether oxygens (including phenoxy) is 1. The van der Waals surface area contributed by atoms with Crippen LogP contribution in [0.1, 0.15) is 0 Å². The van der Waals surface area contributed by atoms with Gasteiger partial charge in [-0.3, -0.25) is 0 Å². The van der Waals surface area contributed by atoms with Crippen molar-refractivity contribution in [1.82, 2.24) is 24.6 Å². The fraction of sp³-hybridized carbons (Fsp3) is 0. The van der Waals surface area contributed by atoms with Crippen LogP contribution in [-0.2, 0) is 25.8 Å². The Morgan fingerprint density at radius 2 is 1.00 bits per heavy atom. The molecule has 0 radical (unpaired) electrons. The van der Waals surface area contributed by atoms with Crippen molar-refractivity contribution in [3.8, 4) is 0 Å². The minimum Gasteiger partial charge on any atom is -0.483 e. The van der Waals surface area contributed by atoms with E-state index in [0.717, 1.165) is 0 Å². The third-order valence-corrected chi connectivity index (χ3v) is 0.167. The minimum atomic E-state index is -2.12. The van der Waals surface area contributed by atoms with E-state index in [0.29, 0.717) is 0 Å². The third kappa shape index (κ3) is 59.3. The van der Waals surface area contributed by atoms with E-state index >= 15 is 0 Å². The van der Waals surface area contributed by atoms with Crippen molar-refractivity contribution in [3.05, 3.63) is 0 Å². The zero-order valence-corrected chi connectivity index (χ0v) is 8.46. The number of carbonyl (C=O) groups excluding carboxylic acids is 2. The Bertz CT molecular complexity index is 97.6. The van der Waals surface area contributed by atoms with Gasteiger partial charge in [-0.25, -0.2) is 0 Å². The van der Waals surface area contributed by atoms with Crippen molar-refractivity contribution in [1.29, 1.82) is 0 Å². The molecule has 0 saturated heterocycles. The fourth-order valence-corrected chi connectivity index (χ4v) is 0.0680. The summed E-state index contributed by atoms with van der Waals surface area (Å²) >= 11 is 0. The van der Waals surface area contributed by atoms with Crippen LogP contribution in [0.4, 0.5) is 9.59 Å². The predicted molar refractivity (Wildman–Crippen MR) is 32.0 cm³/mol. The minimum absolute atomic E-state index is 0. The summed E-state index contributed by atoms with van der Waals surface area (Å²) in [4.78, 5) is 18.1. The van der Waals surface area contributed by atoms with Crippen LogP contribution in [0.2, 0.25) is 0 Å². The van der Waals surface area contributed by atoms with Crippen molar-refractivity contribution >= 4 is 12.3 Å². The molecule has 0 unspecified atom stereocenters. The Hall–Kier alpha value is -0.732. The molecule has 0 amide bonds. The smallest absolute Gasteiger partial charge is 0.483 e. The van der Waals surface area contributed by atoms with Gasteiger partial charge in [-0.2, -0.15) is 0 Å². The first-order valence-electron chi connectivity index (χ1n) is 1.22. The fourth-order valence-electron chi connectivity index (χ4n) is 0.0680. The second kappa shape index (κ2) is 22.4. The van der Waals surface area contributed by atoms with Gasteiger partial charge in [0.05, 0.1) is 0 Å². The summed E-state index contributed by atoms with van der Waals surface area (Å²) in [7, 11) is 0. The summed E-state index contributed by atoms with van der Waals surface area (Å²) in [6, 6.07) is 0. The largest absolute Gasteiger partial charge is 2.00 e. The summed E-state index contributed by atoms with van der Waals surface area (Å²) < 4.78 is 2.86. The van der Waals surface area contributed by atoms with Crippen LogP contribution < -0.4 is 34.8 Å². The van der Waals surface area contributed by atoms with Gasteiger partial charge in [-0.1, -0.05) is 0 Å². The van der Waals surface area contributed by atoms with E-state index in [1.807, 2.05) is 0 Å². The summed E-state index contributed by atoms with van der Waals surface area (Å²) in [6.07, 6.45) is -4.25. The molecule has 0 saturated carbocycles. The molecule has 10 heteroatoms. The van der Waals surface area contributed by atoms with Crippen LogP contribution >= 0.6 is 0 Å². The summed E-state index contributed by atoms with van der Waals surface area (Å²) in [5.41, 5.74) is 0. The molecule has 80 valence electrons. The van der Waals surface area contributed by atoms with Gasteiger partial charge in [0, 0.05) is 0 Å². The SMILES string of the molecule is N.N.N.N.O=C([O-])OC(=O)[O-].[Pt+2]. The van der Waals surface area contributed by atoms with Gasteiger partial charge < -0.3 is 49.1 Å². The Morgan fingerprint density at radius 3 is 1.00 bits per heavy atom. The zero-order chi connectivity index (χ0) is 5.86. The number of hydrogen-bond acceptors (Lipinski definition) is 9. The number of rotatable bonds is 0. The number of carboxylic acid groups (broad SMARTS) is 2. The third-order valence-electron chi connectivity index (χ3n) is 0.167. The van der Waals surface area contributed by atoms with Crippen molar-refractivity contribution in [2.45, 2.75) is 0 Å². The monoisotopic (exact) mass is 367 g/mol. The van der Waals surface area contributed by atoms with Crippen LogP contribution in [0.15, 0.2) is 0 Å². The standard InChI is InChI=1S/C2H2O5.4H3N.Pt/c3-1(4)7-2(5)6;;;;;/h(H,3,4)(H,5,6);4*1H3;/q;;;;;+2/p-2. The van der Waals surface area contributed by atoms with Crippen molar-refractivity contribution in [3.63, 3.8) is 0 Å². The van der Waals surface area contributed by atoms with Gasteiger partial charge in [0.1, 0.15) is 0 Å². The quantitative estimate of drug-likeness (QED) is 0.283. The van der Waals surface area contributed by atoms with E-state index in [4.69, 9.17) is 19.8 Å². The molecule has 0 heterocycles. The Labute approximate surface area is 83.1 Å². The van der Waals surface area contributed by atoms with Crippen LogP contribution in [0, 0.1) is 0 Å². The Balaban J connectivity index is -0.0000000180. The van der Waals surface area contributed by atoms with Crippen molar-refractivity contribution in [2.75, 3.05) is 0 Å². The molecule has 0 aliphatic heterocycles. The molecule has 12 heavy (non-hydrogen) atoms. The molecule has 0 atom stereocenters. The zero-order valence-electron chi connectivity index (χ0n) is 6.19. The molecule has 0 aliphatic rings. The molecule has 0 rings (SSSR count). The molecule has 0 aromatic rings. The normalized spacial score (nSPS) is 4.33. The van der Waals surface area contributed by atoms with E-state index in [9.17, 15) is 0 Å². The van der Waals surface area contributed by atoms with E-state index in [1.54, 1.807) is 0 Å². The average molecular weight is 367 g/mol. The van der Waals surface area contributed by atoms with Crippen LogP contribution in [0.25, 0.3) is 0 Å². The first-order chi connectivity index (χ1) is 3.13. The van der Waals surface area contributed by atoms with Gasteiger partial charge >= 0.3 is 21.1 Å². The van der Waals surface area contributed by atoms with Crippen LogP contribution in [0.3, 0.4) is 0 Å². The Kier molecular flexibility index (Phi) is 80.1. The molecule has 12 N–H and O–H groups in total. The van der Waals surface area contributed by atoms with E-state index in [2.05, 4.69) is 4.74 Å². The average Bonchev–Trinajstić information content (AvgIpc) is 1.27. The first-order valence-corrected chi connectivity index (χ1v) is 1.22. The molecule has 0 aromatic heterocycles. The molecule has 9 nitrogen and oxygen atoms in total. The molecule has 0 aromatic carbocycles. The summed E-state index contributed by atoms with van der Waals surface area (Å²) in [6.45, 7) is 0. The maximum absolute atomic E-state index is 9.06. The van der Waals surface area contributed by atoms with Gasteiger partial charge in [0.25, 0.3) is 12.3 Å². The molecular weight excluding hydrogens is 355 g/mol. The molecule has 0 aliphatic carbocycles.